The molecule has 0 bridgehead atoms. The van der Waals surface area contributed by atoms with Crippen molar-refractivity contribution < 1.29 is 8.78 Å². The van der Waals surface area contributed by atoms with Crippen molar-refractivity contribution in [1.29, 1.82) is 0 Å². The van der Waals surface area contributed by atoms with Crippen molar-refractivity contribution in [3.63, 3.8) is 0 Å². The Balaban J connectivity index is 2.15. The van der Waals surface area contributed by atoms with Crippen LogP contribution in [-0.2, 0) is 12.8 Å². The first-order valence-corrected chi connectivity index (χ1v) is 7.51. The third kappa shape index (κ3) is 4.23. The highest BCUT2D eigenvalue weighted by Crippen LogP contribution is 2.23. The first-order chi connectivity index (χ1) is 10.0. The molecule has 0 radical (unpaired) electrons. The van der Waals surface area contributed by atoms with Crippen molar-refractivity contribution in [2.24, 2.45) is 5.84 Å². The minimum absolute atomic E-state index is 0.250. The number of nitrogens with two attached hydrogens (primary N) is 1. The molecule has 0 spiro atoms. The van der Waals surface area contributed by atoms with Crippen molar-refractivity contribution in [1.82, 2.24) is 5.43 Å². The maximum atomic E-state index is 13.7. The molecule has 0 saturated carbocycles. The largest absolute Gasteiger partial charge is 0.271 e. The molecule has 0 aromatic heterocycles. The number of nitrogens with one attached hydrogen (secondary N) is 1. The standard InChI is InChI=1S/C15H14BrClF2N2/c16-11-5-4-9(13(17)8-11)6-12(21-20)7-10-2-1-3-14(18)15(10)19/h1-5,8,12,21H,6-7,20H2. The van der Waals surface area contributed by atoms with Gasteiger partial charge in [0.2, 0.25) is 0 Å². The summed E-state index contributed by atoms with van der Waals surface area (Å²) in [5.74, 6) is 3.83. The second-order valence-electron chi connectivity index (χ2n) is 4.72. The maximum absolute atomic E-state index is 13.7. The van der Waals surface area contributed by atoms with Gasteiger partial charge in [0.05, 0.1) is 0 Å². The molecule has 0 heterocycles. The lowest BCUT2D eigenvalue weighted by molar-refractivity contribution is 0.474. The molecule has 2 rings (SSSR count). The van der Waals surface area contributed by atoms with Crippen LogP contribution in [0.1, 0.15) is 11.1 Å². The number of hydrogen-bond donors (Lipinski definition) is 2. The molecule has 2 aromatic rings. The SMILES string of the molecule is NNC(Cc1ccc(Br)cc1Cl)Cc1cccc(F)c1F. The average Bonchev–Trinajstić information content (AvgIpc) is 2.45. The molecule has 2 aromatic carbocycles. The smallest absolute Gasteiger partial charge is 0.162 e. The van der Waals surface area contributed by atoms with E-state index in [1.165, 1.54) is 6.07 Å². The van der Waals surface area contributed by atoms with Gasteiger partial charge in [-0.2, -0.15) is 0 Å². The van der Waals surface area contributed by atoms with Crippen molar-refractivity contribution in [3.05, 3.63) is 68.7 Å². The molecule has 1 atom stereocenters. The molecule has 21 heavy (non-hydrogen) atoms. The highest BCUT2D eigenvalue weighted by molar-refractivity contribution is 9.10. The minimum atomic E-state index is -0.857. The second-order valence-corrected chi connectivity index (χ2v) is 6.04. The Kier molecular flexibility index (Phi) is 5.70. The lowest BCUT2D eigenvalue weighted by atomic mass is 9.99. The van der Waals surface area contributed by atoms with E-state index in [4.69, 9.17) is 17.4 Å². The third-order valence-electron chi connectivity index (χ3n) is 3.22. The van der Waals surface area contributed by atoms with Crippen LogP contribution >= 0.6 is 27.5 Å². The van der Waals surface area contributed by atoms with Crippen molar-refractivity contribution in [3.8, 4) is 0 Å². The molecule has 0 aliphatic carbocycles. The molecular weight excluding hydrogens is 362 g/mol. The summed E-state index contributed by atoms with van der Waals surface area (Å²) < 4.78 is 27.8. The van der Waals surface area contributed by atoms with Crippen LogP contribution in [0.4, 0.5) is 8.78 Å². The fourth-order valence-corrected chi connectivity index (χ4v) is 2.86. The van der Waals surface area contributed by atoms with E-state index in [0.717, 1.165) is 16.1 Å². The van der Waals surface area contributed by atoms with Gasteiger partial charge < -0.3 is 0 Å². The Hall–Kier alpha value is -1.01. The highest BCUT2D eigenvalue weighted by Gasteiger charge is 2.15. The Morgan fingerprint density at radius 2 is 1.86 bits per heavy atom. The molecular formula is C15H14BrClF2N2. The van der Waals surface area contributed by atoms with Gasteiger partial charge in [0.25, 0.3) is 0 Å². The fourth-order valence-electron chi connectivity index (χ4n) is 2.11. The number of rotatable bonds is 5. The summed E-state index contributed by atoms with van der Waals surface area (Å²) in [5.41, 5.74) is 3.80. The van der Waals surface area contributed by atoms with E-state index in [0.29, 0.717) is 11.4 Å². The number of halogens is 4. The molecule has 0 fully saturated rings. The van der Waals surface area contributed by atoms with Crippen LogP contribution in [-0.4, -0.2) is 6.04 Å². The third-order valence-corrected chi connectivity index (χ3v) is 4.06. The first kappa shape index (κ1) is 16.4. The second kappa shape index (κ2) is 7.31. The van der Waals surface area contributed by atoms with Gasteiger partial charge in [0, 0.05) is 15.5 Å². The summed E-state index contributed by atoms with van der Waals surface area (Å²) in [7, 11) is 0. The monoisotopic (exact) mass is 374 g/mol. The van der Waals surface area contributed by atoms with Gasteiger partial charge in [0.1, 0.15) is 0 Å². The highest BCUT2D eigenvalue weighted by atomic mass is 79.9. The van der Waals surface area contributed by atoms with E-state index in [2.05, 4.69) is 21.4 Å². The van der Waals surface area contributed by atoms with Crippen LogP contribution in [0.25, 0.3) is 0 Å². The Bertz CT molecular complexity index is 637. The number of benzene rings is 2. The van der Waals surface area contributed by atoms with E-state index in [1.54, 1.807) is 12.1 Å². The summed E-state index contributed by atoms with van der Waals surface area (Å²) >= 11 is 9.49. The van der Waals surface area contributed by atoms with Gasteiger partial charge in [-0.25, -0.2) is 8.78 Å². The lowest BCUT2D eigenvalue weighted by Crippen LogP contribution is -2.38. The predicted molar refractivity (Wildman–Crippen MR) is 84.0 cm³/mol. The zero-order chi connectivity index (χ0) is 15.4. The van der Waals surface area contributed by atoms with Crippen LogP contribution in [0.5, 0.6) is 0 Å². The van der Waals surface area contributed by atoms with Crippen molar-refractivity contribution in [2.45, 2.75) is 18.9 Å². The summed E-state index contributed by atoms with van der Waals surface area (Å²) in [6.45, 7) is 0. The quantitative estimate of drug-likeness (QED) is 0.612. The summed E-state index contributed by atoms with van der Waals surface area (Å²) in [5, 5.41) is 0.601. The predicted octanol–water partition coefficient (Wildman–Crippen LogP) is 4.00. The minimum Gasteiger partial charge on any atom is -0.271 e. The van der Waals surface area contributed by atoms with Gasteiger partial charge >= 0.3 is 0 Å². The van der Waals surface area contributed by atoms with E-state index in [9.17, 15) is 8.78 Å². The number of hydrazine groups is 1. The Labute approximate surface area is 135 Å². The molecule has 0 amide bonds. The lowest BCUT2D eigenvalue weighted by Gasteiger charge is -2.17. The Morgan fingerprint density at radius 3 is 2.52 bits per heavy atom. The van der Waals surface area contributed by atoms with Crippen LogP contribution in [0, 0.1) is 11.6 Å². The topological polar surface area (TPSA) is 38.0 Å². The molecule has 6 heteroatoms. The van der Waals surface area contributed by atoms with Crippen LogP contribution in [0.3, 0.4) is 0 Å². The van der Waals surface area contributed by atoms with Gasteiger partial charge in [-0.1, -0.05) is 45.7 Å². The van der Waals surface area contributed by atoms with E-state index >= 15 is 0 Å². The molecule has 2 nitrogen and oxygen atoms in total. The zero-order valence-electron chi connectivity index (χ0n) is 11.0. The van der Waals surface area contributed by atoms with E-state index in [1.807, 2.05) is 12.1 Å². The first-order valence-electron chi connectivity index (χ1n) is 6.34. The van der Waals surface area contributed by atoms with E-state index in [-0.39, 0.29) is 18.0 Å². The number of hydrogen-bond acceptors (Lipinski definition) is 2. The summed E-state index contributed by atoms with van der Waals surface area (Å²) in [4.78, 5) is 0. The molecule has 0 aliphatic heterocycles. The van der Waals surface area contributed by atoms with Crippen molar-refractivity contribution in [2.75, 3.05) is 0 Å². The molecule has 3 N–H and O–H groups in total. The van der Waals surface area contributed by atoms with Crippen LogP contribution in [0.15, 0.2) is 40.9 Å². The maximum Gasteiger partial charge on any atom is 0.162 e. The van der Waals surface area contributed by atoms with Gasteiger partial charge in [-0.15, -0.1) is 0 Å². The summed E-state index contributed by atoms with van der Waals surface area (Å²) in [6, 6.07) is 9.40. The van der Waals surface area contributed by atoms with Crippen molar-refractivity contribution >= 4 is 27.5 Å². The summed E-state index contributed by atoms with van der Waals surface area (Å²) in [6.07, 6.45) is 0.783. The average molecular weight is 376 g/mol. The van der Waals surface area contributed by atoms with Gasteiger partial charge in [-0.3, -0.25) is 11.3 Å². The fraction of sp³-hybridized carbons (Fsp3) is 0.200. The molecule has 0 saturated heterocycles. The van der Waals surface area contributed by atoms with Gasteiger partial charge in [-0.05, 0) is 42.2 Å². The van der Waals surface area contributed by atoms with E-state index < -0.39 is 11.6 Å². The molecule has 112 valence electrons. The van der Waals surface area contributed by atoms with Crippen LogP contribution in [0.2, 0.25) is 5.02 Å². The zero-order valence-corrected chi connectivity index (χ0v) is 13.4. The molecule has 0 aliphatic rings. The molecule has 1 unspecified atom stereocenters. The Morgan fingerprint density at radius 1 is 1.14 bits per heavy atom. The normalized spacial score (nSPS) is 12.4. The van der Waals surface area contributed by atoms with Gasteiger partial charge in [0.15, 0.2) is 11.6 Å². The van der Waals surface area contributed by atoms with Crippen LogP contribution < -0.4 is 11.3 Å².